The second kappa shape index (κ2) is 12.9. The van der Waals surface area contributed by atoms with Crippen molar-refractivity contribution in [2.75, 3.05) is 13.6 Å². The van der Waals surface area contributed by atoms with Crippen molar-refractivity contribution in [3.8, 4) is 0 Å². The van der Waals surface area contributed by atoms with E-state index in [1.54, 1.807) is 18.2 Å². The van der Waals surface area contributed by atoms with Crippen molar-refractivity contribution in [3.05, 3.63) is 114 Å². The summed E-state index contributed by atoms with van der Waals surface area (Å²) in [7, 11) is -2.59. The lowest BCUT2D eigenvalue weighted by atomic mass is 10.0. The summed E-state index contributed by atoms with van der Waals surface area (Å²) in [4.78, 5) is 29.4. The summed E-state index contributed by atoms with van der Waals surface area (Å²) in [5.41, 5.74) is 2.24. The fourth-order valence-electron chi connectivity index (χ4n) is 4.89. The van der Waals surface area contributed by atoms with Crippen molar-refractivity contribution in [1.29, 1.82) is 0 Å². The lowest BCUT2D eigenvalue weighted by Gasteiger charge is -2.34. The monoisotopic (exact) mass is 585 g/mol. The van der Waals surface area contributed by atoms with E-state index >= 15 is 0 Å². The quantitative estimate of drug-likeness (QED) is 0.273. The molecule has 4 aromatic carbocycles. The van der Waals surface area contributed by atoms with Gasteiger partial charge in [0.2, 0.25) is 21.8 Å². The number of benzene rings is 4. The van der Waals surface area contributed by atoms with E-state index in [4.69, 9.17) is 0 Å². The first-order valence-corrected chi connectivity index (χ1v) is 15.4. The van der Waals surface area contributed by atoms with E-state index in [2.05, 4.69) is 5.32 Å². The molecule has 0 bridgehead atoms. The van der Waals surface area contributed by atoms with Crippen LogP contribution in [-0.4, -0.2) is 54.6 Å². The van der Waals surface area contributed by atoms with Crippen LogP contribution in [0.3, 0.4) is 0 Å². The molecule has 8 heteroatoms. The first-order chi connectivity index (χ1) is 19.8. The van der Waals surface area contributed by atoms with Crippen molar-refractivity contribution < 1.29 is 18.0 Å². The van der Waals surface area contributed by atoms with E-state index in [0.29, 0.717) is 0 Å². The summed E-state index contributed by atoms with van der Waals surface area (Å²) >= 11 is 0. The number of nitrogens with one attached hydrogen (secondary N) is 1. The van der Waals surface area contributed by atoms with Crippen molar-refractivity contribution in [1.82, 2.24) is 14.5 Å². The maximum atomic E-state index is 14.1. The summed E-state index contributed by atoms with van der Waals surface area (Å²) in [5, 5.41) is 4.75. The van der Waals surface area contributed by atoms with Crippen LogP contribution in [0.5, 0.6) is 0 Å². The molecule has 0 heterocycles. The first-order valence-electron chi connectivity index (χ1n) is 14.0. The normalized spacial score (nSPS) is 12.7. The maximum Gasteiger partial charge on any atom is 0.243 e. The van der Waals surface area contributed by atoms with E-state index in [0.717, 1.165) is 31.8 Å². The Morgan fingerprint density at radius 3 is 2.12 bits per heavy atom. The molecule has 0 aliphatic rings. The highest BCUT2D eigenvalue weighted by Gasteiger charge is 2.34. The fraction of sp³-hybridized carbons (Fsp3) is 0.294. The number of sulfonamides is 1. The minimum Gasteiger partial charge on any atom is -0.350 e. The second-order valence-corrected chi connectivity index (χ2v) is 13.8. The number of rotatable bonds is 10. The summed E-state index contributed by atoms with van der Waals surface area (Å²) < 4.78 is 28.2. The van der Waals surface area contributed by atoms with Gasteiger partial charge in [-0.1, -0.05) is 90.5 Å². The van der Waals surface area contributed by atoms with Crippen LogP contribution in [0.2, 0.25) is 0 Å². The Balaban J connectivity index is 1.69. The Kier molecular flexibility index (Phi) is 9.49. The summed E-state index contributed by atoms with van der Waals surface area (Å²) in [6.45, 7) is 7.37. The van der Waals surface area contributed by atoms with Crippen LogP contribution in [0.25, 0.3) is 10.8 Å². The molecule has 0 aliphatic carbocycles. The lowest BCUT2D eigenvalue weighted by Crippen LogP contribution is -2.56. The van der Waals surface area contributed by atoms with Crippen molar-refractivity contribution in [3.63, 3.8) is 0 Å². The molecule has 0 spiro atoms. The molecular formula is C34H39N3O4S. The zero-order chi connectivity index (χ0) is 30.5. The van der Waals surface area contributed by atoms with Crippen LogP contribution in [-0.2, 0) is 32.6 Å². The van der Waals surface area contributed by atoms with E-state index < -0.39 is 34.1 Å². The highest BCUT2D eigenvalue weighted by atomic mass is 32.2. The van der Waals surface area contributed by atoms with Gasteiger partial charge in [0.1, 0.15) is 6.04 Å². The number of carbonyl (C=O) groups is 2. The highest BCUT2D eigenvalue weighted by Crippen LogP contribution is 2.22. The molecule has 0 saturated heterocycles. The van der Waals surface area contributed by atoms with Crippen molar-refractivity contribution >= 4 is 32.6 Å². The number of hydrogen-bond donors (Lipinski definition) is 1. The van der Waals surface area contributed by atoms with Gasteiger partial charge in [0.15, 0.2) is 0 Å². The van der Waals surface area contributed by atoms with Crippen LogP contribution < -0.4 is 5.32 Å². The number of likely N-dealkylation sites (N-methyl/N-ethyl adjacent to an activating group) is 1. The summed E-state index contributed by atoms with van der Waals surface area (Å²) in [6.07, 6.45) is 0.279. The molecule has 0 unspecified atom stereocenters. The molecular weight excluding hydrogens is 546 g/mol. The zero-order valence-electron chi connectivity index (χ0n) is 24.9. The van der Waals surface area contributed by atoms with Crippen molar-refractivity contribution in [2.24, 2.45) is 0 Å². The third-order valence-corrected chi connectivity index (χ3v) is 8.79. The third kappa shape index (κ3) is 7.84. The molecule has 4 aromatic rings. The lowest BCUT2D eigenvalue weighted by molar-refractivity contribution is -0.141. The van der Waals surface area contributed by atoms with Gasteiger partial charge in [-0.05, 0) is 61.7 Å². The zero-order valence-corrected chi connectivity index (χ0v) is 25.7. The van der Waals surface area contributed by atoms with Gasteiger partial charge in [-0.25, -0.2) is 8.42 Å². The minimum absolute atomic E-state index is 0.105. The predicted molar refractivity (Wildman–Crippen MR) is 167 cm³/mol. The Labute approximate surface area is 249 Å². The van der Waals surface area contributed by atoms with E-state index in [1.165, 1.54) is 11.9 Å². The van der Waals surface area contributed by atoms with Gasteiger partial charge in [-0.15, -0.1) is 0 Å². The van der Waals surface area contributed by atoms with Gasteiger partial charge in [0.25, 0.3) is 0 Å². The SMILES string of the molecule is Cc1cccc(CN(C(=O)CN(C)S(=O)(=O)c2ccc3ccccc3c2)[C@@H](Cc2ccccc2)C(=O)NC(C)(C)C)c1. The molecule has 1 N–H and O–H groups in total. The van der Waals surface area contributed by atoms with Crippen LogP contribution in [0.15, 0.2) is 102 Å². The van der Waals surface area contributed by atoms with Gasteiger partial charge in [0, 0.05) is 25.6 Å². The van der Waals surface area contributed by atoms with Gasteiger partial charge >= 0.3 is 0 Å². The second-order valence-electron chi connectivity index (χ2n) is 11.7. The highest BCUT2D eigenvalue weighted by molar-refractivity contribution is 7.89. The minimum atomic E-state index is -3.99. The molecule has 7 nitrogen and oxygen atoms in total. The topological polar surface area (TPSA) is 86.8 Å². The number of aryl methyl sites for hydroxylation is 1. The Morgan fingerprint density at radius 2 is 1.45 bits per heavy atom. The van der Waals surface area contributed by atoms with Crippen LogP contribution in [0.1, 0.15) is 37.5 Å². The molecule has 1 atom stereocenters. The summed E-state index contributed by atoms with van der Waals surface area (Å²) in [5.74, 6) is -0.763. The fourth-order valence-corrected chi connectivity index (χ4v) is 6.04. The van der Waals surface area contributed by atoms with Crippen LogP contribution in [0, 0.1) is 6.92 Å². The molecule has 4 rings (SSSR count). The average molecular weight is 586 g/mol. The van der Waals surface area contributed by atoms with Crippen LogP contribution >= 0.6 is 0 Å². The van der Waals surface area contributed by atoms with Gasteiger partial charge in [0.05, 0.1) is 11.4 Å². The van der Waals surface area contributed by atoms with Gasteiger partial charge in [-0.3, -0.25) is 9.59 Å². The average Bonchev–Trinajstić information content (AvgIpc) is 2.94. The summed E-state index contributed by atoms with van der Waals surface area (Å²) in [6, 6.07) is 28.9. The largest absolute Gasteiger partial charge is 0.350 e. The maximum absolute atomic E-state index is 14.1. The predicted octanol–water partition coefficient (Wildman–Crippen LogP) is 5.32. The molecule has 0 aliphatic heterocycles. The molecule has 220 valence electrons. The Bertz CT molecular complexity index is 1660. The standard InChI is InChI=1S/C34H39N3O4S/c1-25-12-11-15-27(20-25)23-37(31(33(39)35-34(2,3)4)21-26-13-7-6-8-14-26)32(38)24-36(5)42(40,41)30-19-18-28-16-9-10-17-29(28)22-30/h6-20,22,31H,21,23-24H2,1-5H3,(H,35,39)/t31-/m0/s1. The Hall–Kier alpha value is -4.01. The van der Waals surface area contributed by atoms with Gasteiger partial charge in [-0.2, -0.15) is 4.31 Å². The molecule has 42 heavy (non-hydrogen) atoms. The number of hydrogen-bond acceptors (Lipinski definition) is 4. The first kappa shape index (κ1) is 30.9. The number of amides is 2. The van der Waals surface area contributed by atoms with E-state index in [-0.39, 0.29) is 23.8 Å². The molecule has 0 aromatic heterocycles. The molecule has 0 fully saturated rings. The number of carbonyl (C=O) groups excluding carboxylic acids is 2. The van der Waals surface area contributed by atoms with Crippen molar-refractivity contribution in [2.45, 2.75) is 57.1 Å². The van der Waals surface area contributed by atoms with Gasteiger partial charge < -0.3 is 10.2 Å². The Morgan fingerprint density at radius 1 is 0.810 bits per heavy atom. The molecule has 0 radical (unpaired) electrons. The van der Waals surface area contributed by atoms with E-state index in [9.17, 15) is 18.0 Å². The molecule has 0 saturated carbocycles. The third-order valence-electron chi connectivity index (χ3n) is 6.99. The molecule has 2 amide bonds. The van der Waals surface area contributed by atoms with E-state index in [1.807, 2.05) is 107 Å². The number of nitrogens with zero attached hydrogens (tertiary/aromatic N) is 2. The number of fused-ring (bicyclic) bond motifs is 1. The smallest absolute Gasteiger partial charge is 0.243 e. The van der Waals surface area contributed by atoms with Crippen LogP contribution in [0.4, 0.5) is 0 Å².